The predicted octanol–water partition coefficient (Wildman–Crippen LogP) is -1.31. The molecule has 0 bridgehead atoms. The molecule has 0 aromatic rings. The minimum absolute atomic E-state index is 0.00768. The summed E-state index contributed by atoms with van der Waals surface area (Å²) < 4.78 is 10.9. The third kappa shape index (κ3) is 1.72. The van der Waals surface area contributed by atoms with Gasteiger partial charge in [-0.2, -0.15) is 0 Å². The number of primary amides is 1. The lowest BCUT2D eigenvalue weighted by Crippen LogP contribution is -2.55. The van der Waals surface area contributed by atoms with Gasteiger partial charge in [-0.15, -0.1) is 0 Å². The Balaban J connectivity index is 1.85. The third-order valence-electron chi connectivity index (χ3n) is 5.99. The Bertz CT molecular complexity index is 787. The lowest BCUT2D eigenvalue weighted by atomic mass is 9.82. The second-order valence-corrected chi connectivity index (χ2v) is 6.89. The molecule has 3 heterocycles. The quantitative estimate of drug-likeness (QED) is 0.475. The zero-order chi connectivity index (χ0) is 18.3. The van der Waals surface area contributed by atoms with Crippen LogP contribution in [0.5, 0.6) is 0 Å². The lowest BCUT2D eigenvalue weighted by Gasteiger charge is -2.40. The van der Waals surface area contributed by atoms with Crippen LogP contribution in [0.4, 0.5) is 4.79 Å². The van der Waals surface area contributed by atoms with E-state index in [4.69, 9.17) is 20.9 Å². The Labute approximate surface area is 144 Å². The third-order valence-corrected chi connectivity index (χ3v) is 5.99. The van der Waals surface area contributed by atoms with Crippen molar-refractivity contribution in [3.05, 3.63) is 22.5 Å². The zero-order valence-electron chi connectivity index (χ0n) is 14.2. The number of ether oxygens (including phenoxy) is 2. The van der Waals surface area contributed by atoms with E-state index in [2.05, 4.69) is 4.90 Å². The molecule has 0 aromatic heterocycles. The van der Waals surface area contributed by atoms with Gasteiger partial charge in [0.25, 0.3) is 0 Å². The average Bonchev–Trinajstić information content (AvgIpc) is 2.96. The number of fused-ring (bicyclic) bond motifs is 4. The van der Waals surface area contributed by atoms with Crippen molar-refractivity contribution in [2.75, 3.05) is 27.3 Å². The van der Waals surface area contributed by atoms with Crippen molar-refractivity contribution >= 4 is 17.7 Å². The fourth-order valence-corrected chi connectivity index (χ4v) is 4.73. The summed E-state index contributed by atoms with van der Waals surface area (Å²) in [4.78, 5) is 40.8. The Morgan fingerprint density at radius 3 is 2.64 bits per heavy atom. The van der Waals surface area contributed by atoms with Gasteiger partial charge in [0.1, 0.15) is 6.61 Å². The van der Waals surface area contributed by atoms with Crippen LogP contribution in [0.1, 0.15) is 6.92 Å². The fourth-order valence-electron chi connectivity index (χ4n) is 4.73. The number of likely N-dealkylation sites (N-methyl/N-ethyl adjacent to an activating group) is 1. The Hall–Kier alpha value is -2.39. The minimum Gasteiger partial charge on any atom is -0.449 e. The smallest absolute Gasteiger partial charge is 0.404 e. The molecular weight excluding hydrogens is 328 g/mol. The molecule has 1 amide bonds. The number of amides is 1. The summed E-state index contributed by atoms with van der Waals surface area (Å²) in [5.74, 6) is -1.32. The maximum absolute atomic E-state index is 12.9. The Morgan fingerprint density at radius 2 is 2.04 bits per heavy atom. The molecule has 5 atom stereocenters. The molecule has 4 rings (SSSR count). The van der Waals surface area contributed by atoms with Crippen LogP contribution in [0.25, 0.3) is 0 Å². The van der Waals surface area contributed by atoms with Crippen molar-refractivity contribution in [1.29, 1.82) is 0 Å². The number of ketones is 2. The van der Waals surface area contributed by atoms with Crippen LogP contribution >= 0.6 is 0 Å². The molecule has 9 heteroatoms. The predicted molar refractivity (Wildman–Crippen MR) is 84.7 cm³/mol. The molecular formula is C16H20N4O5. The molecule has 2 saturated heterocycles. The summed E-state index contributed by atoms with van der Waals surface area (Å²) in [7, 11) is 3.49. The van der Waals surface area contributed by atoms with Gasteiger partial charge < -0.3 is 25.8 Å². The largest absolute Gasteiger partial charge is 0.449 e. The number of Topliss-reactive ketones (excluding diaryl/α,β-unsaturated/α-hetero) is 2. The van der Waals surface area contributed by atoms with Crippen LogP contribution in [0.2, 0.25) is 0 Å². The van der Waals surface area contributed by atoms with Crippen LogP contribution in [0, 0.1) is 5.92 Å². The van der Waals surface area contributed by atoms with Gasteiger partial charge in [-0.1, -0.05) is 0 Å². The van der Waals surface area contributed by atoms with Gasteiger partial charge in [-0.3, -0.25) is 14.5 Å². The number of hydrogen-bond donors (Lipinski definition) is 2. The molecule has 25 heavy (non-hydrogen) atoms. The number of methoxy groups -OCH3 is 1. The molecule has 3 aliphatic heterocycles. The number of carbonyl (C=O) groups excluding carboxylic acids is 3. The van der Waals surface area contributed by atoms with E-state index >= 15 is 0 Å². The molecule has 0 radical (unpaired) electrons. The van der Waals surface area contributed by atoms with E-state index in [1.165, 1.54) is 7.11 Å². The van der Waals surface area contributed by atoms with Crippen molar-refractivity contribution in [3.63, 3.8) is 0 Å². The molecule has 2 unspecified atom stereocenters. The molecule has 1 aliphatic carbocycles. The highest BCUT2D eigenvalue weighted by atomic mass is 16.6. The molecule has 9 nitrogen and oxygen atoms in total. The molecule has 0 saturated carbocycles. The molecule has 0 spiro atoms. The highest BCUT2D eigenvalue weighted by Gasteiger charge is 2.75. The summed E-state index contributed by atoms with van der Waals surface area (Å²) >= 11 is 0. The number of rotatable bonds is 3. The minimum atomic E-state index is -0.949. The van der Waals surface area contributed by atoms with E-state index < -0.39 is 23.5 Å². The first-order valence-corrected chi connectivity index (χ1v) is 8.04. The highest BCUT2D eigenvalue weighted by molar-refractivity contribution is 6.25. The number of hydrogen-bond acceptors (Lipinski definition) is 8. The second kappa shape index (κ2) is 4.83. The van der Waals surface area contributed by atoms with Crippen LogP contribution < -0.4 is 11.5 Å². The number of allylic oxidation sites excluding steroid dienone is 2. The van der Waals surface area contributed by atoms with Crippen molar-refractivity contribution in [1.82, 2.24) is 9.80 Å². The Morgan fingerprint density at radius 1 is 1.36 bits per heavy atom. The topological polar surface area (TPSA) is 128 Å². The van der Waals surface area contributed by atoms with Gasteiger partial charge in [0.15, 0.2) is 5.72 Å². The summed E-state index contributed by atoms with van der Waals surface area (Å²) in [6.45, 7) is 1.96. The van der Waals surface area contributed by atoms with Crippen LogP contribution in [0.15, 0.2) is 22.5 Å². The SMILES string of the molecule is COC12[C@H](COC(N)=O)C3=C(C(=O)C(C)=C(N)C3=O)N1C[C@H]1[C@@H]2N1C. The second-order valence-electron chi connectivity index (χ2n) is 6.89. The lowest BCUT2D eigenvalue weighted by molar-refractivity contribution is -0.144. The van der Waals surface area contributed by atoms with Gasteiger partial charge >= 0.3 is 6.09 Å². The van der Waals surface area contributed by atoms with E-state index in [9.17, 15) is 14.4 Å². The van der Waals surface area contributed by atoms with Crippen molar-refractivity contribution in [2.24, 2.45) is 17.4 Å². The standard InChI is InChI=1S/C16H20N4O5/c1-6-10(17)13(22)9-7(5-25-15(18)23)16(24-3)14-8(19(14)2)4-20(16)11(9)12(6)21/h7-8,14H,4-5,17H2,1-3H3,(H2,18,23)/t7-,8+,14+,16?,19?/m1/s1. The molecule has 4 aliphatic rings. The van der Waals surface area contributed by atoms with Crippen molar-refractivity contribution < 1.29 is 23.9 Å². The van der Waals surface area contributed by atoms with E-state index in [-0.39, 0.29) is 41.3 Å². The first kappa shape index (κ1) is 16.1. The monoisotopic (exact) mass is 348 g/mol. The number of nitrogens with two attached hydrogens (primary N) is 2. The van der Waals surface area contributed by atoms with E-state index in [1.807, 2.05) is 11.9 Å². The summed E-state index contributed by atoms with van der Waals surface area (Å²) in [6, 6.07) is 0.211. The number of nitrogens with zero attached hydrogens (tertiary/aromatic N) is 2. The molecule has 134 valence electrons. The van der Waals surface area contributed by atoms with Gasteiger partial charge in [-0.05, 0) is 14.0 Å². The summed E-state index contributed by atoms with van der Waals surface area (Å²) in [5.41, 5.74) is 10.8. The normalized spacial score (nSPS) is 38.8. The zero-order valence-corrected chi connectivity index (χ0v) is 14.2. The van der Waals surface area contributed by atoms with E-state index in [0.29, 0.717) is 12.2 Å². The maximum atomic E-state index is 12.9. The van der Waals surface area contributed by atoms with Gasteiger partial charge in [-0.25, -0.2) is 4.79 Å². The van der Waals surface area contributed by atoms with E-state index in [1.54, 1.807) is 6.92 Å². The number of carbonyl (C=O) groups is 3. The molecule has 4 N–H and O–H groups in total. The van der Waals surface area contributed by atoms with Crippen LogP contribution in [-0.4, -0.2) is 72.6 Å². The first-order chi connectivity index (χ1) is 11.8. The van der Waals surface area contributed by atoms with Crippen LogP contribution in [-0.2, 0) is 19.1 Å². The highest BCUT2D eigenvalue weighted by Crippen LogP contribution is 2.59. The molecule has 2 fully saturated rings. The summed E-state index contributed by atoms with van der Waals surface area (Å²) in [6.07, 6.45) is -0.945. The summed E-state index contributed by atoms with van der Waals surface area (Å²) in [5, 5.41) is 0. The maximum Gasteiger partial charge on any atom is 0.404 e. The van der Waals surface area contributed by atoms with Gasteiger partial charge in [0.05, 0.1) is 23.4 Å². The van der Waals surface area contributed by atoms with Crippen LogP contribution in [0.3, 0.4) is 0 Å². The van der Waals surface area contributed by atoms with Gasteiger partial charge in [0.2, 0.25) is 11.6 Å². The fraction of sp³-hybridized carbons (Fsp3) is 0.562. The molecule has 0 aromatic carbocycles. The first-order valence-electron chi connectivity index (χ1n) is 8.04. The van der Waals surface area contributed by atoms with E-state index in [0.717, 1.165) is 0 Å². The Kier molecular flexibility index (Phi) is 3.11. The van der Waals surface area contributed by atoms with Crippen molar-refractivity contribution in [3.8, 4) is 0 Å². The number of piperazine rings is 1. The average molecular weight is 348 g/mol. The van der Waals surface area contributed by atoms with Crippen molar-refractivity contribution in [2.45, 2.75) is 24.7 Å². The van der Waals surface area contributed by atoms with Gasteiger partial charge in [0, 0.05) is 30.8 Å².